The minimum absolute atomic E-state index is 0.209. The van der Waals surface area contributed by atoms with Crippen molar-refractivity contribution < 1.29 is 0 Å². The van der Waals surface area contributed by atoms with Gasteiger partial charge in [0.05, 0.1) is 0 Å². The molecule has 0 amide bonds. The van der Waals surface area contributed by atoms with Crippen molar-refractivity contribution in [3.05, 3.63) is 0 Å². The maximum atomic E-state index is 6.12. The zero-order valence-electron chi connectivity index (χ0n) is 12.1. The second-order valence-corrected chi connectivity index (χ2v) is 7.39. The van der Waals surface area contributed by atoms with Crippen molar-refractivity contribution in [3.8, 4) is 0 Å². The Kier molecular flexibility index (Phi) is 3.76. The van der Waals surface area contributed by atoms with E-state index >= 15 is 0 Å². The van der Waals surface area contributed by atoms with Gasteiger partial charge in [-0.2, -0.15) is 0 Å². The smallest absolute Gasteiger partial charge is 0.0379 e. The molecule has 1 fully saturated rings. The molecule has 1 aliphatic rings. The third-order valence-corrected chi connectivity index (χ3v) is 4.43. The second-order valence-electron chi connectivity index (χ2n) is 7.39. The van der Waals surface area contributed by atoms with Crippen LogP contribution in [0.5, 0.6) is 0 Å². The molecule has 2 heteroatoms. The molecule has 0 radical (unpaired) electrons. The summed E-state index contributed by atoms with van der Waals surface area (Å²) in [5.41, 5.74) is 7.02. The van der Waals surface area contributed by atoms with E-state index in [1.54, 1.807) is 0 Å². The molecule has 0 saturated heterocycles. The SMILES string of the molecule is CN(CC(C)(C)C)C1(CN)CCCC1(C)C. The van der Waals surface area contributed by atoms with E-state index in [-0.39, 0.29) is 5.54 Å². The lowest BCUT2D eigenvalue weighted by Gasteiger charge is -2.49. The first kappa shape index (κ1) is 14.0. The van der Waals surface area contributed by atoms with E-state index in [0.29, 0.717) is 10.8 Å². The number of nitrogens with two attached hydrogens (primary N) is 1. The highest BCUT2D eigenvalue weighted by Gasteiger charge is 2.50. The highest BCUT2D eigenvalue weighted by molar-refractivity contribution is 5.06. The molecule has 0 aliphatic heterocycles. The first-order chi connectivity index (χ1) is 7.15. The molecular formula is C14H30N2. The number of hydrogen-bond acceptors (Lipinski definition) is 2. The van der Waals surface area contributed by atoms with Crippen LogP contribution in [0.25, 0.3) is 0 Å². The van der Waals surface area contributed by atoms with Gasteiger partial charge in [0.2, 0.25) is 0 Å². The fraction of sp³-hybridized carbons (Fsp3) is 1.00. The van der Waals surface area contributed by atoms with Gasteiger partial charge in [0.25, 0.3) is 0 Å². The van der Waals surface area contributed by atoms with Gasteiger partial charge in [-0.05, 0) is 30.7 Å². The van der Waals surface area contributed by atoms with Crippen LogP contribution in [-0.4, -0.2) is 30.6 Å². The zero-order chi connectivity index (χ0) is 12.6. The number of likely N-dealkylation sites (N-methyl/N-ethyl adjacent to an activating group) is 1. The monoisotopic (exact) mass is 226 g/mol. The molecular weight excluding hydrogens is 196 g/mol. The van der Waals surface area contributed by atoms with E-state index in [9.17, 15) is 0 Å². The minimum atomic E-state index is 0.209. The van der Waals surface area contributed by atoms with Gasteiger partial charge in [-0.3, -0.25) is 4.90 Å². The van der Waals surface area contributed by atoms with Crippen molar-refractivity contribution >= 4 is 0 Å². The highest BCUT2D eigenvalue weighted by atomic mass is 15.2. The van der Waals surface area contributed by atoms with Crippen molar-refractivity contribution in [2.24, 2.45) is 16.6 Å². The molecule has 0 heterocycles. The van der Waals surface area contributed by atoms with Gasteiger partial charge in [-0.25, -0.2) is 0 Å². The van der Waals surface area contributed by atoms with Crippen LogP contribution in [0.3, 0.4) is 0 Å². The summed E-state index contributed by atoms with van der Waals surface area (Å²) in [5.74, 6) is 0. The Morgan fingerprint density at radius 3 is 2.06 bits per heavy atom. The summed E-state index contributed by atoms with van der Waals surface area (Å²) < 4.78 is 0. The van der Waals surface area contributed by atoms with Gasteiger partial charge < -0.3 is 5.73 Å². The predicted octanol–water partition coefficient (Wildman–Crippen LogP) is 2.87. The highest BCUT2D eigenvalue weighted by Crippen LogP contribution is 2.49. The summed E-state index contributed by atoms with van der Waals surface area (Å²) in [6.45, 7) is 13.6. The Bertz CT molecular complexity index is 240. The molecule has 0 spiro atoms. The molecule has 1 unspecified atom stereocenters. The van der Waals surface area contributed by atoms with Crippen molar-refractivity contribution in [1.29, 1.82) is 0 Å². The summed E-state index contributed by atoms with van der Waals surface area (Å²) in [5, 5.41) is 0. The van der Waals surface area contributed by atoms with Crippen LogP contribution in [0.1, 0.15) is 53.9 Å². The van der Waals surface area contributed by atoms with Gasteiger partial charge in [0, 0.05) is 18.6 Å². The summed E-state index contributed by atoms with van der Waals surface area (Å²) >= 11 is 0. The summed E-state index contributed by atoms with van der Waals surface area (Å²) in [6.07, 6.45) is 3.88. The Labute approximate surface area is 102 Å². The molecule has 16 heavy (non-hydrogen) atoms. The van der Waals surface area contributed by atoms with Crippen molar-refractivity contribution in [2.75, 3.05) is 20.1 Å². The third-order valence-electron chi connectivity index (χ3n) is 4.43. The van der Waals surface area contributed by atoms with Crippen LogP contribution >= 0.6 is 0 Å². The van der Waals surface area contributed by atoms with Crippen molar-refractivity contribution in [2.45, 2.75) is 59.4 Å². The zero-order valence-corrected chi connectivity index (χ0v) is 12.1. The van der Waals surface area contributed by atoms with Crippen LogP contribution in [0, 0.1) is 10.8 Å². The molecule has 1 saturated carbocycles. The normalized spacial score (nSPS) is 30.0. The maximum Gasteiger partial charge on any atom is 0.0379 e. The molecule has 2 nitrogen and oxygen atoms in total. The summed E-state index contributed by atoms with van der Waals surface area (Å²) in [6, 6.07) is 0. The van der Waals surface area contributed by atoms with Crippen LogP contribution in [0.4, 0.5) is 0 Å². The standard InChI is InChI=1S/C14H30N2/c1-12(2,3)11-16(6)14(10-15)9-7-8-13(14,4)5/h7-11,15H2,1-6H3. The number of hydrogen-bond donors (Lipinski definition) is 1. The Morgan fingerprint density at radius 1 is 1.19 bits per heavy atom. The molecule has 96 valence electrons. The molecule has 1 atom stereocenters. The largest absolute Gasteiger partial charge is 0.329 e. The average molecular weight is 226 g/mol. The molecule has 0 aromatic carbocycles. The molecule has 1 rings (SSSR count). The van der Waals surface area contributed by atoms with Crippen LogP contribution in [0.2, 0.25) is 0 Å². The Balaban J connectivity index is 2.88. The molecule has 0 bridgehead atoms. The average Bonchev–Trinajstić information content (AvgIpc) is 2.38. The van der Waals surface area contributed by atoms with Crippen molar-refractivity contribution in [1.82, 2.24) is 4.90 Å². The lowest BCUT2D eigenvalue weighted by molar-refractivity contribution is 0.0121. The molecule has 0 aromatic rings. The van der Waals surface area contributed by atoms with Gasteiger partial charge in [0.15, 0.2) is 0 Å². The van der Waals surface area contributed by atoms with Crippen molar-refractivity contribution in [3.63, 3.8) is 0 Å². The van der Waals surface area contributed by atoms with E-state index in [2.05, 4.69) is 46.6 Å². The first-order valence-corrected chi connectivity index (χ1v) is 6.56. The van der Waals surface area contributed by atoms with Crippen LogP contribution in [-0.2, 0) is 0 Å². The molecule has 2 N–H and O–H groups in total. The Morgan fingerprint density at radius 2 is 1.75 bits per heavy atom. The van der Waals surface area contributed by atoms with E-state index in [4.69, 9.17) is 5.73 Å². The second kappa shape index (κ2) is 4.30. The number of nitrogens with zero attached hydrogens (tertiary/aromatic N) is 1. The lowest BCUT2D eigenvalue weighted by Crippen LogP contribution is -2.59. The minimum Gasteiger partial charge on any atom is -0.329 e. The first-order valence-electron chi connectivity index (χ1n) is 6.56. The molecule has 1 aliphatic carbocycles. The van der Waals surface area contributed by atoms with Crippen LogP contribution < -0.4 is 5.73 Å². The van der Waals surface area contributed by atoms with Gasteiger partial charge >= 0.3 is 0 Å². The number of rotatable bonds is 3. The van der Waals surface area contributed by atoms with Crippen LogP contribution in [0.15, 0.2) is 0 Å². The maximum absolute atomic E-state index is 6.12. The third kappa shape index (κ3) is 2.43. The predicted molar refractivity (Wildman–Crippen MR) is 71.5 cm³/mol. The summed E-state index contributed by atoms with van der Waals surface area (Å²) in [4.78, 5) is 2.53. The van der Waals surface area contributed by atoms with E-state index in [1.807, 2.05) is 0 Å². The summed E-state index contributed by atoms with van der Waals surface area (Å²) in [7, 11) is 2.26. The quantitative estimate of drug-likeness (QED) is 0.802. The molecule has 0 aromatic heterocycles. The topological polar surface area (TPSA) is 29.3 Å². The van der Waals surface area contributed by atoms with E-state index in [1.165, 1.54) is 19.3 Å². The van der Waals surface area contributed by atoms with Gasteiger partial charge in [-0.1, -0.05) is 41.0 Å². The van der Waals surface area contributed by atoms with Gasteiger partial charge in [0.1, 0.15) is 0 Å². The lowest BCUT2D eigenvalue weighted by atomic mass is 9.73. The Hall–Kier alpha value is -0.0800. The van der Waals surface area contributed by atoms with E-state index < -0.39 is 0 Å². The van der Waals surface area contributed by atoms with E-state index in [0.717, 1.165) is 13.1 Å². The van der Waals surface area contributed by atoms with Gasteiger partial charge in [-0.15, -0.1) is 0 Å². The fourth-order valence-corrected chi connectivity index (χ4v) is 3.50. The fourth-order valence-electron chi connectivity index (χ4n) is 3.50.